The molecule has 1 N–H and O–H groups in total. The molecule has 6 heteroatoms. The van der Waals surface area contributed by atoms with Crippen LogP contribution in [-0.4, -0.2) is 40.0 Å². The first-order valence-electron chi connectivity index (χ1n) is 7.22. The van der Waals surface area contributed by atoms with Crippen molar-refractivity contribution in [3.63, 3.8) is 0 Å². The van der Waals surface area contributed by atoms with E-state index in [0.29, 0.717) is 24.1 Å². The monoisotopic (exact) mass is 292 g/mol. The highest BCUT2D eigenvalue weighted by molar-refractivity contribution is 5.96. The van der Waals surface area contributed by atoms with Crippen LogP contribution in [0, 0.1) is 17.0 Å². The summed E-state index contributed by atoms with van der Waals surface area (Å²) in [5, 5.41) is 20.0. The summed E-state index contributed by atoms with van der Waals surface area (Å²) >= 11 is 0. The maximum absolute atomic E-state index is 12.7. The zero-order chi connectivity index (χ0) is 15.4. The highest BCUT2D eigenvalue weighted by Gasteiger charge is 2.30. The minimum absolute atomic E-state index is 0.0310. The zero-order valence-electron chi connectivity index (χ0n) is 12.1. The molecule has 0 unspecified atom stereocenters. The summed E-state index contributed by atoms with van der Waals surface area (Å²) in [5.41, 5.74) is 0.756. The highest BCUT2D eigenvalue weighted by Crippen LogP contribution is 2.28. The molecular weight excluding hydrogens is 272 g/mol. The fourth-order valence-corrected chi connectivity index (χ4v) is 2.60. The fraction of sp³-hybridized carbons (Fsp3) is 0.533. The number of aliphatic hydroxyl groups excluding tert-OH is 1. The van der Waals surface area contributed by atoms with Crippen molar-refractivity contribution in [2.75, 3.05) is 13.2 Å². The summed E-state index contributed by atoms with van der Waals surface area (Å²) < 4.78 is 0. The summed E-state index contributed by atoms with van der Waals surface area (Å²) in [6.07, 6.45) is 3.55. The maximum atomic E-state index is 12.7. The Kier molecular flexibility index (Phi) is 4.90. The van der Waals surface area contributed by atoms with E-state index >= 15 is 0 Å². The number of aliphatic hydroxyl groups is 1. The molecule has 1 aliphatic rings. The number of benzene rings is 1. The van der Waals surface area contributed by atoms with Gasteiger partial charge in [0.1, 0.15) is 0 Å². The van der Waals surface area contributed by atoms with Gasteiger partial charge in [-0.3, -0.25) is 14.9 Å². The lowest BCUT2D eigenvalue weighted by atomic mass is 9.90. The van der Waals surface area contributed by atoms with E-state index in [9.17, 15) is 14.9 Å². The Morgan fingerprint density at radius 1 is 1.48 bits per heavy atom. The van der Waals surface area contributed by atoms with Gasteiger partial charge in [-0.25, -0.2) is 0 Å². The molecule has 1 aromatic carbocycles. The van der Waals surface area contributed by atoms with Gasteiger partial charge in [0.25, 0.3) is 11.6 Å². The van der Waals surface area contributed by atoms with Crippen molar-refractivity contribution in [3.05, 3.63) is 39.4 Å². The molecule has 1 saturated carbocycles. The van der Waals surface area contributed by atoms with Crippen molar-refractivity contribution in [3.8, 4) is 0 Å². The second-order valence-corrected chi connectivity index (χ2v) is 5.37. The standard InChI is InChI=1S/C15H20N2O4/c1-11-13(7-3-8-14(11)17(20)21)15(19)16(9-4-10-18)12-5-2-6-12/h3,7-8,12,18H,2,4-6,9-10H2,1H3. The van der Waals surface area contributed by atoms with Gasteiger partial charge in [-0.2, -0.15) is 0 Å². The number of rotatable bonds is 6. The van der Waals surface area contributed by atoms with Crippen molar-refractivity contribution in [1.29, 1.82) is 0 Å². The SMILES string of the molecule is Cc1c(C(=O)N(CCCO)C2CCC2)cccc1[N+](=O)[O-]. The van der Waals surface area contributed by atoms with Gasteiger partial charge >= 0.3 is 0 Å². The van der Waals surface area contributed by atoms with E-state index in [-0.39, 0.29) is 24.2 Å². The van der Waals surface area contributed by atoms with Crippen molar-refractivity contribution < 1.29 is 14.8 Å². The quantitative estimate of drug-likeness (QED) is 0.644. The smallest absolute Gasteiger partial charge is 0.273 e. The summed E-state index contributed by atoms with van der Waals surface area (Å²) in [5.74, 6) is -0.172. The Morgan fingerprint density at radius 2 is 2.19 bits per heavy atom. The number of carbonyl (C=O) groups excluding carboxylic acids is 1. The van der Waals surface area contributed by atoms with Gasteiger partial charge in [-0.05, 0) is 38.7 Å². The number of amides is 1. The molecule has 114 valence electrons. The van der Waals surface area contributed by atoms with Gasteiger partial charge in [0.15, 0.2) is 0 Å². The van der Waals surface area contributed by atoms with E-state index in [1.54, 1.807) is 24.0 Å². The van der Waals surface area contributed by atoms with E-state index in [1.165, 1.54) is 6.07 Å². The Balaban J connectivity index is 2.27. The molecule has 0 spiro atoms. The van der Waals surface area contributed by atoms with Crippen molar-refractivity contribution >= 4 is 11.6 Å². The van der Waals surface area contributed by atoms with Gasteiger partial charge in [0.05, 0.1) is 4.92 Å². The molecule has 1 amide bonds. The Labute approximate surface area is 123 Å². The van der Waals surface area contributed by atoms with Gasteiger partial charge in [0, 0.05) is 36.4 Å². The molecule has 0 saturated heterocycles. The first kappa shape index (κ1) is 15.4. The molecule has 1 aliphatic carbocycles. The number of hydrogen-bond acceptors (Lipinski definition) is 4. The molecule has 1 aromatic rings. The topological polar surface area (TPSA) is 83.7 Å². The molecule has 0 aromatic heterocycles. The van der Waals surface area contributed by atoms with Crippen LogP contribution < -0.4 is 0 Å². The minimum Gasteiger partial charge on any atom is -0.396 e. The first-order valence-corrected chi connectivity index (χ1v) is 7.22. The van der Waals surface area contributed by atoms with E-state index in [0.717, 1.165) is 19.3 Å². The molecule has 1 fully saturated rings. The van der Waals surface area contributed by atoms with Crippen LogP contribution in [0.15, 0.2) is 18.2 Å². The molecule has 0 atom stereocenters. The lowest BCUT2D eigenvalue weighted by molar-refractivity contribution is -0.385. The number of nitrogens with zero attached hydrogens (tertiary/aromatic N) is 2. The van der Waals surface area contributed by atoms with Crippen LogP contribution >= 0.6 is 0 Å². The van der Waals surface area contributed by atoms with Crippen LogP contribution in [0.3, 0.4) is 0 Å². The molecule has 0 radical (unpaired) electrons. The van der Waals surface area contributed by atoms with Crippen LogP contribution in [0.25, 0.3) is 0 Å². The Hall–Kier alpha value is -1.95. The summed E-state index contributed by atoms with van der Waals surface area (Å²) in [7, 11) is 0. The number of hydrogen-bond donors (Lipinski definition) is 1. The van der Waals surface area contributed by atoms with Crippen LogP contribution in [0.4, 0.5) is 5.69 Å². The summed E-state index contributed by atoms with van der Waals surface area (Å²) in [4.78, 5) is 25.0. The fourth-order valence-electron chi connectivity index (χ4n) is 2.60. The van der Waals surface area contributed by atoms with Crippen molar-refractivity contribution in [2.45, 2.75) is 38.6 Å². The highest BCUT2D eigenvalue weighted by atomic mass is 16.6. The predicted octanol–water partition coefficient (Wildman–Crippen LogP) is 2.28. The predicted molar refractivity (Wildman–Crippen MR) is 78.2 cm³/mol. The normalized spacial score (nSPS) is 14.6. The van der Waals surface area contributed by atoms with Gasteiger partial charge in [0.2, 0.25) is 0 Å². The lowest BCUT2D eigenvalue weighted by Gasteiger charge is -2.37. The average molecular weight is 292 g/mol. The molecule has 6 nitrogen and oxygen atoms in total. The van der Waals surface area contributed by atoms with Gasteiger partial charge in [-0.1, -0.05) is 6.07 Å². The third-order valence-electron chi connectivity index (χ3n) is 4.07. The Morgan fingerprint density at radius 3 is 2.71 bits per heavy atom. The summed E-state index contributed by atoms with van der Waals surface area (Å²) in [6, 6.07) is 4.79. The number of nitro groups is 1. The van der Waals surface area contributed by atoms with E-state index in [4.69, 9.17) is 5.11 Å². The van der Waals surface area contributed by atoms with Crippen LogP contribution in [0.5, 0.6) is 0 Å². The number of nitro benzene ring substituents is 1. The van der Waals surface area contributed by atoms with Gasteiger partial charge in [-0.15, -0.1) is 0 Å². The molecular formula is C15H20N2O4. The van der Waals surface area contributed by atoms with E-state index in [2.05, 4.69) is 0 Å². The minimum atomic E-state index is -0.465. The Bertz CT molecular complexity index is 540. The van der Waals surface area contributed by atoms with E-state index in [1.807, 2.05) is 0 Å². The third-order valence-corrected chi connectivity index (χ3v) is 4.07. The summed E-state index contributed by atoms with van der Waals surface area (Å²) in [6.45, 7) is 2.13. The number of carbonyl (C=O) groups is 1. The second-order valence-electron chi connectivity index (χ2n) is 5.37. The molecule has 0 bridgehead atoms. The van der Waals surface area contributed by atoms with Crippen LogP contribution in [0.1, 0.15) is 41.6 Å². The van der Waals surface area contributed by atoms with E-state index < -0.39 is 4.92 Å². The zero-order valence-corrected chi connectivity index (χ0v) is 12.1. The molecule has 21 heavy (non-hydrogen) atoms. The van der Waals surface area contributed by atoms with Crippen LogP contribution in [0.2, 0.25) is 0 Å². The van der Waals surface area contributed by atoms with Crippen molar-refractivity contribution in [1.82, 2.24) is 4.90 Å². The maximum Gasteiger partial charge on any atom is 0.273 e. The van der Waals surface area contributed by atoms with Gasteiger partial charge < -0.3 is 10.0 Å². The third kappa shape index (κ3) is 3.21. The average Bonchev–Trinajstić information content (AvgIpc) is 2.40. The second kappa shape index (κ2) is 6.67. The molecule has 2 rings (SSSR count). The molecule has 0 aliphatic heterocycles. The van der Waals surface area contributed by atoms with Crippen molar-refractivity contribution in [2.24, 2.45) is 0 Å². The lowest BCUT2D eigenvalue weighted by Crippen LogP contribution is -2.45. The first-order chi connectivity index (χ1) is 10.1. The van der Waals surface area contributed by atoms with Crippen LogP contribution in [-0.2, 0) is 0 Å². The molecule has 0 heterocycles. The largest absolute Gasteiger partial charge is 0.396 e.